The summed E-state index contributed by atoms with van der Waals surface area (Å²) in [6.45, 7) is 0.451. The topological polar surface area (TPSA) is 55.4 Å². The summed E-state index contributed by atoms with van der Waals surface area (Å²) in [7, 11) is 1.35. The molecule has 0 spiro atoms. The number of methoxy groups -OCH3 is 1. The third kappa shape index (κ3) is 5.79. The SMILES string of the molecule is COC(=O)c1ccc(CNC(=O)CSCc2ccccc2)cc1. The van der Waals surface area contributed by atoms with Crippen LogP contribution in [0.25, 0.3) is 0 Å². The molecule has 0 aliphatic rings. The van der Waals surface area contributed by atoms with Crippen molar-refractivity contribution in [1.82, 2.24) is 5.32 Å². The van der Waals surface area contributed by atoms with Crippen LogP contribution < -0.4 is 5.32 Å². The molecule has 0 aliphatic carbocycles. The minimum atomic E-state index is -0.363. The van der Waals surface area contributed by atoms with E-state index in [-0.39, 0.29) is 11.9 Å². The number of thioether (sulfide) groups is 1. The number of carbonyl (C=O) groups is 2. The smallest absolute Gasteiger partial charge is 0.337 e. The van der Waals surface area contributed by atoms with Gasteiger partial charge in [-0.3, -0.25) is 4.79 Å². The molecule has 2 aromatic carbocycles. The van der Waals surface area contributed by atoms with Crippen LogP contribution in [0.2, 0.25) is 0 Å². The Morgan fingerprint density at radius 1 is 1.00 bits per heavy atom. The summed E-state index contributed by atoms with van der Waals surface area (Å²) >= 11 is 1.59. The van der Waals surface area contributed by atoms with Gasteiger partial charge in [-0.1, -0.05) is 42.5 Å². The molecular weight excluding hydrogens is 310 g/mol. The molecule has 120 valence electrons. The van der Waals surface area contributed by atoms with Gasteiger partial charge in [0.1, 0.15) is 0 Å². The van der Waals surface area contributed by atoms with E-state index in [4.69, 9.17) is 0 Å². The van der Waals surface area contributed by atoms with Gasteiger partial charge in [0.05, 0.1) is 18.4 Å². The number of hydrogen-bond donors (Lipinski definition) is 1. The van der Waals surface area contributed by atoms with E-state index in [1.165, 1.54) is 12.7 Å². The molecule has 5 heteroatoms. The normalized spacial score (nSPS) is 10.1. The third-order valence-electron chi connectivity index (χ3n) is 3.21. The number of carbonyl (C=O) groups excluding carboxylic acids is 2. The van der Waals surface area contributed by atoms with Gasteiger partial charge >= 0.3 is 5.97 Å². The van der Waals surface area contributed by atoms with Crippen molar-refractivity contribution in [3.05, 3.63) is 71.3 Å². The Bertz CT molecular complexity index is 641. The van der Waals surface area contributed by atoms with Crippen molar-refractivity contribution >= 4 is 23.6 Å². The molecule has 0 aromatic heterocycles. The van der Waals surface area contributed by atoms with Crippen LogP contribution in [0.4, 0.5) is 0 Å². The molecule has 0 fully saturated rings. The standard InChI is InChI=1S/C18H19NO3S/c1-22-18(21)16-9-7-14(8-10-16)11-19-17(20)13-23-12-15-5-3-2-4-6-15/h2-10H,11-13H2,1H3,(H,19,20). The molecular formula is C18H19NO3S. The van der Waals surface area contributed by atoms with E-state index < -0.39 is 0 Å². The fourth-order valence-corrected chi connectivity index (χ4v) is 2.78. The fraction of sp³-hybridized carbons (Fsp3) is 0.222. The second kappa shape index (κ2) is 9.00. The molecule has 0 unspecified atom stereocenters. The molecule has 1 amide bonds. The Hall–Kier alpha value is -2.27. The average Bonchev–Trinajstić information content (AvgIpc) is 2.60. The Morgan fingerprint density at radius 3 is 2.35 bits per heavy atom. The monoisotopic (exact) mass is 329 g/mol. The number of hydrogen-bond acceptors (Lipinski definition) is 4. The second-order valence-electron chi connectivity index (χ2n) is 4.94. The first kappa shape index (κ1) is 17.1. The van der Waals surface area contributed by atoms with Gasteiger partial charge in [0.25, 0.3) is 0 Å². The number of ether oxygens (including phenoxy) is 1. The van der Waals surface area contributed by atoms with Crippen molar-refractivity contribution in [3.63, 3.8) is 0 Å². The highest BCUT2D eigenvalue weighted by Crippen LogP contribution is 2.11. The van der Waals surface area contributed by atoms with Crippen LogP contribution in [0.15, 0.2) is 54.6 Å². The van der Waals surface area contributed by atoms with Gasteiger partial charge in [-0.2, -0.15) is 0 Å². The van der Waals surface area contributed by atoms with Gasteiger partial charge in [-0.25, -0.2) is 4.79 Å². The van der Waals surface area contributed by atoms with E-state index in [1.807, 2.05) is 42.5 Å². The number of rotatable bonds is 7. The first-order chi connectivity index (χ1) is 11.2. The van der Waals surface area contributed by atoms with Crippen LogP contribution in [-0.4, -0.2) is 24.7 Å². The lowest BCUT2D eigenvalue weighted by atomic mass is 10.1. The largest absolute Gasteiger partial charge is 0.465 e. The molecule has 2 aromatic rings. The average molecular weight is 329 g/mol. The number of esters is 1. The predicted molar refractivity (Wildman–Crippen MR) is 92.2 cm³/mol. The van der Waals surface area contributed by atoms with Gasteiger partial charge in [-0.15, -0.1) is 11.8 Å². The molecule has 2 rings (SSSR count). The van der Waals surface area contributed by atoms with E-state index in [0.717, 1.165) is 11.3 Å². The molecule has 23 heavy (non-hydrogen) atoms. The van der Waals surface area contributed by atoms with Crippen LogP contribution in [0.5, 0.6) is 0 Å². The molecule has 0 bridgehead atoms. The molecule has 0 saturated carbocycles. The summed E-state index contributed by atoms with van der Waals surface area (Å²) in [5.74, 6) is 0.887. The van der Waals surface area contributed by atoms with Crippen LogP contribution in [0.1, 0.15) is 21.5 Å². The van der Waals surface area contributed by atoms with Crippen LogP contribution >= 0.6 is 11.8 Å². The maximum absolute atomic E-state index is 11.8. The van der Waals surface area contributed by atoms with Gasteiger partial charge in [-0.05, 0) is 23.3 Å². The van der Waals surface area contributed by atoms with Gasteiger partial charge in [0.2, 0.25) is 5.91 Å². The Balaban J connectivity index is 1.70. The number of benzene rings is 2. The van der Waals surface area contributed by atoms with Crippen molar-refractivity contribution in [2.45, 2.75) is 12.3 Å². The summed E-state index contributed by atoms with van der Waals surface area (Å²) in [5.41, 5.74) is 2.66. The molecule has 0 heterocycles. The third-order valence-corrected chi connectivity index (χ3v) is 4.21. The molecule has 0 saturated heterocycles. The summed E-state index contributed by atoms with van der Waals surface area (Å²) in [5, 5.41) is 2.87. The summed E-state index contributed by atoms with van der Waals surface area (Å²) in [6.07, 6.45) is 0. The summed E-state index contributed by atoms with van der Waals surface area (Å²) in [6, 6.07) is 17.1. The zero-order valence-electron chi connectivity index (χ0n) is 13.0. The van der Waals surface area contributed by atoms with Crippen molar-refractivity contribution in [2.24, 2.45) is 0 Å². The Labute approximate surface area is 140 Å². The Kier molecular flexibility index (Phi) is 6.69. The quantitative estimate of drug-likeness (QED) is 0.793. The number of nitrogens with one attached hydrogen (secondary N) is 1. The highest BCUT2D eigenvalue weighted by Gasteiger charge is 2.05. The van der Waals surface area contributed by atoms with E-state index in [1.54, 1.807) is 23.9 Å². The lowest BCUT2D eigenvalue weighted by Crippen LogP contribution is -2.24. The highest BCUT2D eigenvalue weighted by molar-refractivity contribution is 7.99. The lowest BCUT2D eigenvalue weighted by molar-refractivity contribution is -0.118. The molecule has 0 aliphatic heterocycles. The van der Waals surface area contributed by atoms with E-state index in [0.29, 0.717) is 17.9 Å². The van der Waals surface area contributed by atoms with Crippen LogP contribution in [0, 0.1) is 0 Å². The molecule has 4 nitrogen and oxygen atoms in total. The van der Waals surface area contributed by atoms with Gasteiger partial charge < -0.3 is 10.1 Å². The maximum atomic E-state index is 11.8. The Morgan fingerprint density at radius 2 is 1.70 bits per heavy atom. The maximum Gasteiger partial charge on any atom is 0.337 e. The van der Waals surface area contributed by atoms with Crippen molar-refractivity contribution in [1.29, 1.82) is 0 Å². The van der Waals surface area contributed by atoms with Crippen LogP contribution in [0.3, 0.4) is 0 Å². The summed E-state index contributed by atoms with van der Waals surface area (Å²) in [4.78, 5) is 23.2. The van der Waals surface area contributed by atoms with Crippen molar-refractivity contribution in [2.75, 3.05) is 12.9 Å². The van der Waals surface area contributed by atoms with Gasteiger partial charge in [0, 0.05) is 12.3 Å². The van der Waals surface area contributed by atoms with Crippen molar-refractivity contribution < 1.29 is 14.3 Å². The highest BCUT2D eigenvalue weighted by atomic mass is 32.2. The molecule has 1 N–H and O–H groups in total. The first-order valence-electron chi connectivity index (χ1n) is 7.24. The van der Waals surface area contributed by atoms with E-state index in [9.17, 15) is 9.59 Å². The molecule has 0 atom stereocenters. The number of amides is 1. The van der Waals surface area contributed by atoms with Gasteiger partial charge in [0.15, 0.2) is 0 Å². The minimum Gasteiger partial charge on any atom is -0.465 e. The zero-order chi connectivity index (χ0) is 16.5. The lowest BCUT2D eigenvalue weighted by Gasteiger charge is -2.06. The van der Waals surface area contributed by atoms with E-state index in [2.05, 4.69) is 10.1 Å². The van der Waals surface area contributed by atoms with Crippen molar-refractivity contribution in [3.8, 4) is 0 Å². The zero-order valence-corrected chi connectivity index (χ0v) is 13.8. The summed E-state index contributed by atoms with van der Waals surface area (Å²) < 4.78 is 4.64. The van der Waals surface area contributed by atoms with Crippen LogP contribution in [-0.2, 0) is 21.8 Å². The van der Waals surface area contributed by atoms with E-state index >= 15 is 0 Å². The predicted octanol–water partition coefficient (Wildman–Crippen LogP) is 3.02. The first-order valence-corrected chi connectivity index (χ1v) is 8.40. The fourth-order valence-electron chi connectivity index (χ4n) is 1.96. The minimum absolute atomic E-state index is 0.00276. The molecule has 0 radical (unpaired) electrons. The second-order valence-corrected chi connectivity index (χ2v) is 5.93.